The van der Waals surface area contributed by atoms with Gasteiger partial charge in [0.2, 0.25) is 0 Å². The van der Waals surface area contributed by atoms with Gasteiger partial charge in [0.15, 0.2) is 0 Å². The van der Waals surface area contributed by atoms with Crippen LogP contribution in [-0.2, 0) is 0 Å². The third-order valence-corrected chi connectivity index (χ3v) is 14.6. The molecule has 1 saturated heterocycles. The summed E-state index contributed by atoms with van der Waals surface area (Å²) in [6, 6.07) is 33.1. The molecule has 32 heavy (non-hydrogen) atoms. The first-order chi connectivity index (χ1) is 15.7. The van der Waals surface area contributed by atoms with Crippen LogP contribution in [0.25, 0.3) is 0 Å². The van der Waals surface area contributed by atoms with Crippen molar-refractivity contribution in [2.75, 3.05) is 12.3 Å². The first-order valence-electron chi connectivity index (χ1n) is 11.0. The van der Waals surface area contributed by atoms with Crippen molar-refractivity contribution < 1.29 is 4.79 Å². The summed E-state index contributed by atoms with van der Waals surface area (Å²) in [6.07, 6.45) is 7.63. The number of thiazole rings is 1. The molecule has 0 atom stereocenters. The van der Waals surface area contributed by atoms with Crippen LogP contribution in [-0.4, -0.2) is 23.1 Å². The Kier molecular flexibility index (Phi) is 5.63. The van der Waals surface area contributed by atoms with Gasteiger partial charge in [0, 0.05) is 0 Å². The number of allylic oxidation sites excluding steroid dienone is 2. The SMILES string of the molecule is O=C(/C=C1\CCCP(c2ccccc2)(c2ccccc2)(c2ccccc2)C1)c1nccs1. The third-order valence-electron chi connectivity index (χ3n) is 6.82. The topological polar surface area (TPSA) is 30.0 Å². The Hall–Kier alpha value is -2.87. The van der Waals surface area contributed by atoms with Crippen LogP contribution in [0.15, 0.2) is 114 Å². The van der Waals surface area contributed by atoms with Gasteiger partial charge < -0.3 is 0 Å². The molecule has 0 unspecified atom stereocenters. The first-order valence-corrected chi connectivity index (χ1v) is 14.5. The number of hydrogen-bond acceptors (Lipinski definition) is 3. The number of hydrogen-bond donors (Lipinski definition) is 0. The van der Waals surface area contributed by atoms with Crippen LogP contribution in [0, 0.1) is 0 Å². The molecule has 0 N–H and O–H groups in total. The number of benzene rings is 3. The Morgan fingerprint density at radius 1 is 0.812 bits per heavy atom. The average molecular weight is 456 g/mol. The van der Waals surface area contributed by atoms with Crippen molar-refractivity contribution in [1.82, 2.24) is 4.98 Å². The third kappa shape index (κ3) is 3.37. The zero-order valence-corrected chi connectivity index (χ0v) is 19.6. The molecule has 5 rings (SSSR count). The van der Waals surface area contributed by atoms with Crippen LogP contribution < -0.4 is 15.9 Å². The molecule has 4 heteroatoms. The van der Waals surface area contributed by atoms with E-state index in [1.807, 2.05) is 11.5 Å². The summed E-state index contributed by atoms with van der Waals surface area (Å²) < 4.78 is 0. The summed E-state index contributed by atoms with van der Waals surface area (Å²) >= 11 is 1.41. The number of carbonyl (C=O) groups excluding carboxylic acids is 1. The molecule has 1 aliphatic heterocycles. The molecule has 0 bridgehead atoms. The van der Waals surface area contributed by atoms with Gasteiger partial charge in [-0.3, -0.25) is 0 Å². The van der Waals surface area contributed by atoms with Gasteiger partial charge in [0.1, 0.15) is 0 Å². The fourth-order valence-electron chi connectivity index (χ4n) is 5.44. The summed E-state index contributed by atoms with van der Waals surface area (Å²) in [5.41, 5.74) is 1.24. The molecule has 4 aromatic rings. The Morgan fingerprint density at radius 3 is 1.81 bits per heavy atom. The van der Waals surface area contributed by atoms with Gasteiger partial charge in [-0.2, -0.15) is 0 Å². The minimum atomic E-state index is -2.83. The van der Waals surface area contributed by atoms with E-state index in [4.69, 9.17) is 0 Å². The number of ketones is 1. The van der Waals surface area contributed by atoms with E-state index in [1.54, 1.807) is 6.20 Å². The molecule has 3 aromatic carbocycles. The van der Waals surface area contributed by atoms with Crippen molar-refractivity contribution in [3.05, 3.63) is 119 Å². The normalized spacial score (nSPS) is 19.6. The molecule has 2 heterocycles. The van der Waals surface area contributed by atoms with Gasteiger partial charge >= 0.3 is 194 Å². The molecule has 0 radical (unpaired) electrons. The standard InChI is InChI=1S/C28H26NOPS/c30-27(28-29-18-20-32-28)21-23-11-10-19-31(22-23,24-12-4-1-5-13-24,25-14-6-2-7-15-25)26-16-8-3-9-17-26/h1-9,12-18,20-21H,10-11,19,22H2/b23-21+. The zero-order chi connectivity index (χ0) is 21.9. The van der Waals surface area contributed by atoms with Gasteiger partial charge in [-0.1, -0.05) is 0 Å². The van der Waals surface area contributed by atoms with Crippen molar-refractivity contribution in [1.29, 1.82) is 0 Å². The summed E-state index contributed by atoms with van der Waals surface area (Å²) in [7, 11) is 0. The van der Waals surface area contributed by atoms with Crippen LogP contribution in [0.3, 0.4) is 0 Å². The molecule has 2 nitrogen and oxygen atoms in total. The molecule has 0 spiro atoms. The van der Waals surface area contributed by atoms with Gasteiger partial charge in [0.25, 0.3) is 0 Å². The molecular formula is C28H26NOPS. The van der Waals surface area contributed by atoms with Crippen molar-refractivity contribution in [3.63, 3.8) is 0 Å². The van der Waals surface area contributed by atoms with Crippen LogP contribution in [0.1, 0.15) is 22.6 Å². The van der Waals surface area contributed by atoms with Crippen molar-refractivity contribution in [3.8, 4) is 0 Å². The van der Waals surface area contributed by atoms with E-state index >= 15 is 0 Å². The second-order valence-electron chi connectivity index (χ2n) is 8.50. The predicted octanol–water partition coefficient (Wildman–Crippen LogP) is 5.58. The minimum absolute atomic E-state index is 0.0303. The number of carbonyl (C=O) groups is 1. The van der Waals surface area contributed by atoms with E-state index < -0.39 is 6.60 Å². The van der Waals surface area contributed by atoms with E-state index in [-0.39, 0.29) is 5.78 Å². The van der Waals surface area contributed by atoms with Crippen molar-refractivity contribution in [2.24, 2.45) is 0 Å². The molecular weight excluding hydrogens is 429 g/mol. The number of nitrogens with zero attached hydrogens (tertiary/aromatic N) is 1. The molecule has 1 aliphatic rings. The Labute approximate surface area is 193 Å². The molecule has 0 saturated carbocycles. The van der Waals surface area contributed by atoms with E-state index in [9.17, 15) is 4.79 Å². The van der Waals surface area contributed by atoms with Crippen LogP contribution in [0.4, 0.5) is 0 Å². The predicted molar refractivity (Wildman–Crippen MR) is 139 cm³/mol. The van der Waals surface area contributed by atoms with E-state index in [0.29, 0.717) is 5.01 Å². The van der Waals surface area contributed by atoms with Gasteiger partial charge in [-0.25, -0.2) is 0 Å². The van der Waals surface area contributed by atoms with Crippen molar-refractivity contribution >= 4 is 39.6 Å². The summed E-state index contributed by atoms with van der Waals surface area (Å²) in [5, 5.41) is 6.65. The Bertz CT molecular complexity index is 1140. The maximum atomic E-state index is 13.0. The summed E-state index contributed by atoms with van der Waals surface area (Å²) in [4.78, 5) is 17.2. The van der Waals surface area contributed by atoms with Crippen LogP contribution in [0.5, 0.6) is 0 Å². The summed E-state index contributed by atoms with van der Waals surface area (Å²) in [6.45, 7) is -2.83. The molecule has 160 valence electrons. The van der Waals surface area contributed by atoms with E-state index in [0.717, 1.165) is 25.2 Å². The zero-order valence-electron chi connectivity index (χ0n) is 17.9. The fraction of sp³-hybridized carbons (Fsp3) is 0.143. The van der Waals surface area contributed by atoms with Gasteiger partial charge in [-0.05, 0) is 0 Å². The first kappa shape index (κ1) is 21.0. The maximum absolute atomic E-state index is 13.0. The van der Waals surface area contributed by atoms with Crippen LogP contribution in [0.2, 0.25) is 0 Å². The monoisotopic (exact) mass is 455 g/mol. The fourth-order valence-corrected chi connectivity index (χ4v) is 13.0. The van der Waals surface area contributed by atoms with E-state index in [1.165, 1.54) is 32.8 Å². The number of rotatable bonds is 5. The quantitative estimate of drug-likeness (QED) is 0.224. The number of aromatic nitrogens is 1. The van der Waals surface area contributed by atoms with Gasteiger partial charge in [-0.15, -0.1) is 0 Å². The molecule has 0 amide bonds. The van der Waals surface area contributed by atoms with E-state index in [2.05, 4.69) is 96.0 Å². The average Bonchev–Trinajstić information content (AvgIpc) is 3.41. The second kappa shape index (κ2) is 8.58. The second-order valence-corrected chi connectivity index (χ2v) is 14.7. The van der Waals surface area contributed by atoms with Gasteiger partial charge in [0.05, 0.1) is 0 Å². The summed E-state index contributed by atoms with van der Waals surface area (Å²) in [5.74, 6) is 0.0303. The Balaban J connectivity index is 1.78. The molecule has 0 aliphatic carbocycles. The molecule has 1 fully saturated rings. The molecule has 1 aromatic heterocycles. The Morgan fingerprint density at radius 2 is 1.34 bits per heavy atom. The van der Waals surface area contributed by atoms with Crippen LogP contribution >= 0.6 is 17.9 Å². The van der Waals surface area contributed by atoms with Crippen molar-refractivity contribution in [2.45, 2.75) is 12.8 Å².